The molecule has 3 aromatic rings. The molecule has 0 saturated carbocycles. The van der Waals surface area contributed by atoms with Crippen molar-refractivity contribution < 1.29 is 14.3 Å². The summed E-state index contributed by atoms with van der Waals surface area (Å²) in [5.41, 5.74) is 5.06. The fourth-order valence-corrected chi connectivity index (χ4v) is 7.05. The van der Waals surface area contributed by atoms with Gasteiger partial charge in [0.15, 0.2) is 5.82 Å². The Labute approximate surface area is 252 Å². The molecule has 1 aromatic heterocycles. The minimum absolute atomic E-state index is 0.0515. The highest BCUT2D eigenvalue weighted by atomic mass is 16.5. The minimum Gasteiger partial charge on any atom is -0.496 e. The van der Waals surface area contributed by atoms with Gasteiger partial charge >= 0.3 is 0 Å². The quantitative estimate of drug-likeness (QED) is 0.454. The molecule has 43 heavy (non-hydrogen) atoms. The summed E-state index contributed by atoms with van der Waals surface area (Å²) in [5, 5.41) is 0. The van der Waals surface area contributed by atoms with Crippen LogP contribution in [0.2, 0.25) is 0 Å². The largest absolute Gasteiger partial charge is 0.496 e. The molecule has 7 rings (SSSR count). The molecule has 0 atom stereocenters. The number of hydrogen-bond acceptors (Lipinski definition) is 8. The summed E-state index contributed by atoms with van der Waals surface area (Å²) in [6.07, 6.45) is 5.10. The van der Waals surface area contributed by atoms with E-state index in [1.165, 1.54) is 0 Å². The van der Waals surface area contributed by atoms with Gasteiger partial charge in [-0.2, -0.15) is 0 Å². The first-order valence-electron chi connectivity index (χ1n) is 15.3. The lowest BCUT2D eigenvalue weighted by atomic mass is 10.0. The van der Waals surface area contributed by atoms with E-state index < -0.39 is 0 Å². The Morgan fingerprint density at radius 2 is 1.79 bits per heavy atom. The molecule has 10 heteroatoms. The average molecular weight is 582 g/mol. The van der Waals surface area contributed by atoms with Crippen LogP contribution in [0.25, 0.3) is 0 Å². The number of carbonyl (C=O) groups is 2. The van der Waals surface area contributed by atoms with Gasteiger partial charge < -0.3 is 24.3 Å². The lowest BCUT2D eigenvalue weighted by molar-refractivity contribution is 0.0518. The van der Waals surface area contributed by atoms with Gasteiger partial charge in [-0.1, -0.05) is 18.2 Å². The molecule has 0 N–H and O–H groups in total. The fourth-order valence-electron chi connectivity index (χ4n) is 7.05. The number of anilines is 3. The molecule has 5 heterocycles. The summed E-state index contributed by atoms with van der Waals surface area (Å²) in [5.74, 6) is 2.03. The number of ether oxygens (including phenoxy) is 1. The second-order valence-electron chi connectivity index (χ2n) is 12.1. The van der Waals surface area contributed by atoms with E-state index in [0.29, 0.717) is 40.9 Å². The van der Waals surface area contributed by atoms with Crippen molar-refractivity contribution in [2.24, 2.45) is 0 Å². The monoisotopic (exact) mass is 581 g/mol. The summed E-state index contributed by atoms with van der Waals surface area (Å²) >= 11 is 0. The zero-order valence-corrected chi connectivity index (χ0v) is 25.3. The Balaban J connectivity index is 1.08. The number of likely N-dealkylation sites (N-methyl/N-ethyl adjacent to an activating group) is 1. The van der Waals surface area contributed by atoms with Crippen molar-refractivity contribution in [2.45, 2.75) is 31.7 Å². The number of para-hydroxylation sites is 1. The predicted molar refractivity (Wildman–Crippen MR) is 166 cm³/mol. The van der Waals surface area contributed by atoms with Crippen LogP contribution in [0.3, 0.4) is 0 Å². The molecular formula is C33H39N7O3. The standard InChI is InChI=1S/C33H39N7O3/c1-36-15-17-38(18-16-36)25-10-12-39(13-11-25)32(41)24-8-7-23(28(19-24)43-3)20-29-34-21-27-31(35-29)40-14-9-22-5-4-6-26(30(22)40)33(42)37(27)2/h4-8,19,21,25H,9-18,20H2,1-3H3. The molecular weight excluding hydrogens is 542 g/mol. The first-order valence-corrected chi connectivity index (χ1v) is 15.3. The molecule has 0 bridgehead atoms. The van der Waals surface area contributed by atoms with E-state index in [9.17, 15) is 9.59 Å². The molecule has 224 valence electrons. The van der Waals surface area contributed by atoms with E-state index in [1.54, 1.807) is 25.3 Å². The highest BCUT2D eigenvalue weighted by Crippen LogP contribution is 2.43. The summed E-state index contributed by atoms with van der Waals surface area (Å²) < 4.78 is 5.76. The van der Waals surface area contributed by atoms with Crippen LogP contribution in [0.15, 0.2) is 42.6 Å². The van der Waals surface area contributed by atoms with E-state index in [1.807, 2.05) is 35.2 Å². The third kappa shape index (κ3) is 5.02. The summed E-state index contributed by atoms with van der Waals surface area (Å²) in [6, 6.07) is 12.2. The molecule has 10 nitrogen and oxygen atoms in total. The summed E-state index contributed by atoms with van der Waals surface area (Å²) in [7, 11) is 5.59. The van der Waals surface area contributed by atoms with Crippen LogP contribution in [0.1, 0.15) is 50.5 Å². The Bertz CT molecular complexity index is 1560. The van der Waals surface area contributed by atoms with Gasteiger partial charge in [0, 0.05) is 76.5 Å². The van der Waals surface area contributed by atoms with Crippen molar-refractivity contribution in [3.63, 3.8) is 0 Å². The summed E-state index contributed by atoms with van der Waals surface area (Å²) in [4.78, 5) is 47.1. The van der Waals surface area contributed by atoms with Crippen LogP contribution >= 0.6 is 0 Å². The Hall–Kier alpha value is -4.02. The molecule has 4 aliphatic heterocycles. The van der Waals surface area contributed by atoms with Gasteiger partial charge in [-0.25, -0.2) is 9.97 Å². The van der Waals surface area contributed by atoms with E-state index in [2.05, 4.69) is 32.8 Å². The molecule has 0 unspecified atom stereocenters. The topological polar surface area (TPSA) is 85.4 Å². The Kier molecular flexibility index (Phi) is 7.26. The lowest BCUT2D eigenvalue weighted by Gasteiger charge is -2.42. The molecule has 2 fully saturated rings. The molecule has 0 radical (unpaired) electrons. The zero-order valence-electron chi connectivity index (χ0n) is 25.3. The van der Waals surface area contributed by atoms with Crippen LogP contribution in [0.5, 0.6) is 5.75 Å². The second kappa shape index (κ2) is 11.2. The third-order valence-electron chi connectivity index (χ3n) is 9.63. The van der Waals surface area contributed by atoms with Crippen LogP contribution in [0, 0.1) is 0 Å². The highest BCUT2D eigenvalue weighted by Gasteiger charge is 2.35. The van der Waals surface area contributed by atoms with Crippen molar-refractivity contribution in [3.8, 4) is 5.75 Å². The molecule has 2 aromatic carbocycles. The van der Waals surface area contributed by atoms with Gasteiger partial charge in [-0.05, 0) is 50.1 Å². The number of piperazine rings is 1. The first-order chi connectivity index (χ1) is 20.9. The van der Waals surface area contributed by atoms with Crippen molar-refractivity contribution in [1.29, 1.82) is 0 Å². The van der Waals surface area contributed by atoms with E-state index in [0.717, 1.165) is 87.7 Å². The van der Waals surface area contributed by atoms with Crippen LogP contribution in [-0.4, -0.2) is 110 Å². The van der Waals surface area contributed by atoms with Crippen molar-refractivity contribution in [2.75, 3.05) is 76.8 Å². The maximum Gasteiger partial charge on any atom is 0.260 e. The molecule has 0 aliphatic carbocycles. The number of carbonyl (C=O) groups excluding carboxylic acids is 2. The molecule has 0 spiro atoms. The number of likely N-dealkylation sites (tertiary alicyclic amines) is 1. The van der Waals surface area contributed by atoms with Gasteiger partial charge in [0.05, 0.1) is 24.6 Å². The minimum atomic E-state index is -0.0515. The predicted octanol–water partition coefficient (Wildman–Crippen LogP) is 3.21. The highest BCUT2D eigenvalue weighted by molar-refractivity contribution is 6.14. The van der Waals surface area contributed by atoms with Gasteiger partial charge in [-0.3, -0.25) is 14.5 Å². The van der Waals surface area contributed by atoms with Crippen molar-refractivity contribution >= 4 is 29.0 Å². The number of rotatable bonds is 5. The maximum atomic E-state index is 13.5. The Morgan fingerprint density at radius 3 is 2.56 bits per heavy atom. The van der Waals surface area contributed by atoms with Gasteiger partial charge in [0.25, 0.3) is 11.8 Å². The number of amides is 2. The van der Waals surface area contributed by atoms with Crippen LogP contribution < -0.4 is 14.5 Å². The van der Waals surface area contributed by atoms with E-state index >= 15 is 0 Å². The first kappa shape index (κ1) is 27.8. The zero-order chi connectivity index (χ0) is 29.7. The lowest BCUT2D eigenvalue weighted by Crippen LogP contribution is -2.52. The Morgan fingerprint density at radius 1 is 1.00 bits per heavy atom. The number of fused-ring (bicyclic) bond motifs is 2. The third-order valence-corrected chi connectivity index (χ3v) is 9.63. The number of methoxy groups -OCH3 is 1. The van der Waals surface area contributed by atoms with Crippen LogP contribution in [0.4, 0.5) is 17.2 Å². The molecule has 2 amide bonds. The van der Waals surface area contributed by atoms with Crippen LogP contribution in [-0.2, 0) is 12.8 Å². The second-order valence-corrected chi connectivity index (χ2v) is 12.1. The SMILES string of the molecule is COc1cc(C(=O)N2CCC(N3CCN(C)CC3)CC2)ccc1Cc1ncc2c(n1)N1CCc3cccc(c31)C(=O)N2C. The van der Waals surface area contributed by atoms with Gasteiger partial charge in [0.2, 0.25) is 0 Å². The van der Waals surface area contributed by atoms with Gasteiger partial charge in [0.1, 0.15) is 17.3 Å². The number of piperidine rings is 1. The van der Waals surface area contributed by atoms with E-state index in [-0.39, 0.29) is 11.8 Å². The normalized spacial score (nSPS) is 19.3. The van der Waals surface area contributed by atoms with E-state index in [4.69, 9.17) is 9.72 Å². The number of nitrogens with zero attached hydrogens (tertiary/aromatic N) is 7. The van der Waals surface area contributed by atoms with Crippen molar-refractivity contribution in [1.82, 2.24) is 24.7 Å². The number of hydrogen-bond donors (Lipinski definition) is 0. The number of benzene rings is 2. The fraction of sp³-hybridized carbons (Fsp3) is 0.455. The van der Waals surface area contributed by atoms with Crippen molar-refractivity contribution in [3.05, 3.63) is 70.7 Å². The summed E-state index contributed by atoms with van der Waals surface area (Å²) in [6.45, 7) is 6.79. The smallest absolute Gasteiger partial charge is 0.260 e. The molecule has 2 saturated heterocycles. The number of aromatic nitrogens is 2. The maximum absolute atomic E-state index is 13.5. The van der Waals surface area contributed by atoms with Gasteiger partial charge in [-0.15, -0.1) is 0 Å². The average Bonchev–Trinajstić information content (AvgIpc) is 3.45. The molecule has 4 aliphatic rings.